The predicted octanol–water partition coefficient (Wildman–Crippen LogP) is -1.92. The standard InChI is InChI=1S/C48H74O21/c1-43(41(61)63-6)11-13-48(42(62)69-40-34(59)31(56)30(55)25(17-49)65-40)14-12-46(4)21(22(48)15-43)7-8-28-44(2)16-23(52)37(45(3,20-51)27(44)9-10-47(28,46)5)68-39-35(60)32(57)36(26(18-50)66-39)67-38-33(58)29(54)24(53)19-64-38/h7,22,24-40,49-51,53-60H,8-20H2,1-6H3/t22-,24+,25+,26+,27+,28+,29-,30+,31-,32+,33+,34+,35+,36+,37-,38-,39-,40-,43-,44-,45-,46+,47+,48-/m0/s1. The van der Waals surface area contributed by atoms with Crippen LogP contribution in [0.3, 0.4) is 0 Å². The molecule has 3 heterocycles. The van der Waals surface area contributed by atoms with Gasteiger partial charge in [-0.25, -0.2) is 0 Å². The van der Waals surface area contributed by atoms with Crippen LogP contribution in [0.1, 0.15) is 92.4 Å². The Kier molecular flexibility index (Phi) is 14.5. The van der Waals surface area contributed by atoms with Crippen LogP contribution in [0.5, 0.6) is 0 Å². The van der Waals surface area contributed by atoms with Gasteiger partial charge in [0.05, 0.1) is 44.4 Å². The van der Waals surface area contributed by atoms with Crippen molar-refractivity contribution in [1.82, 2.24) is 0 Å². The molecule has 3 aliphatic heterocycles. The van der Waals surface area contributed by atoms with Crippen molar-refractivity contribution >= 4 is 17.7 Å². The molecule has 11 N–H and O–H groups in total. The number of carbonyl (C=O) groups excluding carboxylic acids is 3. The fraction of sp³-hybridized carbons (Fsp3) is 0.896. The van der Waals surface area contributed by atoms with Crippen molar-refractivity contribution in [3.63, 3.8) is 0 Å². The zero-order valence-electron chi connectivity index (χ0n) is 40.2. The summed E-state index contributed by atoms with van der Waals surface area (Å²) in [6.07, 6.45) is -18.8. The van der Waals surface area contributed by atoms with Crippen LogP contribution >= 0.6 is 0 Å². The van der Waals surface area contributed by atoms with Gasteiger partial charge in [-0.05, 0) is 92.3 Å². The highest BCUT2D eigenvalue weighted by atomic mass is 16.7. The van der Waals surface area contributed by atoms with Crippen LogP contribution < -0.4 is 0 Å². The maximum Gasteiger partial charge on any atom is 0.315 e. The average molecular weight is 987 g/mol. The number of aliphatic hydroxyl groups excluding tert-OH is 11. The molecule has 392 valence electrons. The molecule has 21 nitrogen and oxygen atoms in total. The number of fused-ring (bicyclic) bond motifs is 7. The molecule has 21 heteroatoms. The van der Waals surface area contributed by atoms with E-state index in [1.807, 2.05) is 6.92 Å². The monoisotopic (exact) mass is 986 g/mol. The second kappa shape index (κ2) is 18.9. The third-order valence-electron chi connectivity index (χ3n) is 19.3. The number of carbonyl (C=O) groups is 3. The Balaban J connectivity index is 1.06. The third kappa shape index (κ3) is 8.08. The largest absolute Gasteiger partial charge is 0.469 e. The molecular weight excluding hydrogens is 913 g/mol. The first-order chi connectivity index (χ1) is 32.4. The predicted molar refractivity (Wildman–Crippen MR) is 232 cm³/mol. The number of methoxy groups -OCH3 is 1. The summed E-state index contributed by atoms with van der Waals surface area (Å²) in [7, 11) is 1.33. The van der Waals surface area contributed by atoms with E-state index in [9.17, 15) is 70.6 Å². The van der Waals surface area contributed by atoms with Crippen LogP contribution in [-0.2, 0) is 47.5 Å². The number of esters is 2. The maximum atomic E-state index is 14.8. The molecule has 0 unspecified atom stereocenters. The maximum absolute atomic E-state index is 14.8. The van der Waals surface area contributed by atoms with Crippen LogP contribution in [0.25, 0.3) is 0 Å². The molecular formula is C48H74O21. The molecule has 0 amide bonds. The molecule has 0 aromatic heterocycles. The molecule has 0 spiro atoms. The van der Waals surface area contributed by atoms with E-state index in [0.29, 0.717) is 38.5 Å². The summed E-state index contributed by atoms with van der Waals surface area (Å²) in [5, 5.41) is 117. The number of ether oxygens (including phenoxy) is 7. The molecule has 0 aromatic rings. The number of hydrogen-bond acceptors (Lipinski definition) is 21. The minimum Gasteiger partial charge on any atom is -0.469 e. The Morgan fingerprint density at radius 3 is 2.00 bits per heavy atom. The van der Waals surface area contributed by atoms with Gasteiger partial charge in [-0.15, -0.1) is 0 Å². The van der Waals surface area contributed by atoms with Crippen molar-refractivity contribution in [2.45, 2.75) is 185 Å². The summed E-state index contributed by atoms with van der Waals surface area (Å²) in [5.74, 6) is -2.51. The molecule has 7 fully saturated rings. The Morgan fingerprint density at radius 1 is 0.710 bits per heavy atom. The van der Waals surface area contributed by atoms with Gasteiger partial charge >= 0.3 is 11.9 Å². The van der Waals surface area contributed by atoms with Gasteiger partial charge in [0.1, 0.15) is 73.2 Å². The third-order valence-corrected chi connectivity index (χ3v) is 19.3. The lowest BCUT2D eigenvalue weighted by molar-refractivity contribution is -0.358. The number of aliphatic hydroxyl groups is 11. The second-order valence-corrected chi connectivity index (χ2v) is 22.7. The number of allylic oxidation sites excluding steroid dienone is 2. The Bertz CT molecular complexity index is 1970. The topological polar surface area (TPSA) is 338 Å². The van der Waals surface area contributed by atoms with Crippen molar-refractivity contribution in [3.05, 3.63) is 11.6 Å². The lowest BCUT2D eigenvalue weighted by Crippen LogP contribution is -2.69. The van der Waals surface area contributed by atoms with E-state index in [1.54, 1.807) is 6.92 Å². The number of hydrogen-bond donors (Lipinski definition) is 11. The average Bonchev–Trinajstić information content (AvgIpc) is 3.32. The highest BCUT2D eigenvalue weighted by molar-refractivity contribution is 5.86. The molecule has 24 atom stereocenters. The molecule has 0 bridgehead atoms. The number of rotatable bonds is 10. The van der Waals surface area contributed by atoms with E-state index in [2.05, 4.69) is 26.8 Å². The molecule has 3 saturated heterocycles. The van der Waals surface area contributed by atoms with Gasteiger partial charge in [0, 0.05) is 11.8 Å². The fourth-order valence-electron chi connectivity index (χ4n) is 14.9. The smallest absolute Gasteiger partial charge is 0.315 e. The summed E-state index contributed by atoms with van der Waals surface area (Å²) in [6, 6.07) is 0. The first kappa shape index (κ1) is 53.0. The van der Waals surface area contributed by atoms with Crippen LogP contribution in [0, 0.1) is 50.2 Å². The minimum absolute atomic E-state index is 0.0161. The van der Waals surface area contributed by atoms with Gasteiger partial charge in [0.25, 0.3) is 0 Å². The van der Waals surface area contributed by atoms with Gasteiger partial charge in [0.15, 0.2) is 18.4 Å². The lowest BCUT2D eigenvalue weighted by Gasteiger charge is -2.71. The Morgan fingerprint density at radius 2 is 1.35 bits per heavy atom. The molecule has 5 aliphatic carbocycles. The van der Waals surface area contributed by atoms with Crippen molar-refractivity contribution in [2.75, 3.05) is 33.5 Å². The van der Waals surface area contributed by atoms with Crippen molar-refractivity contribution < 1.29 is 104 Å². The number of ketones is 1. The van der Waals surface area contributed by atoms with E-state index < -0.39 is 169 Å². The zero-order chi connectivity index (χ0) is 50.6. The lowest BCUT2D eigenvalue weighted by atomic mass is 9.33. The molecule has 8 rings (SSSR count). The molecule has 8 aliphatic rings. The first-order valence-electron chi connectivity index (χ1n) is 24.4. The summed E-state index contributed by atoms with van der Waals surface area (Å²) in [4.78, 5) is 43.0. The van der Waals surface area contributed by atoms with Crippen LogP contribution in [0.15, 0.2) is 11.6 Å². The van der Waals surface area contributed by atoms with Crippen LogP contribution in [0.2, 0.25) is 0 Å². The summed E-state index contributed by atoms with van der Waals surface area (Å²) < 4.78 is 40.1. The Labute approximate surface area is 400 Å². The van der Waals surface area contributed by atoms with E-state index in [4.69, 9.17) is 33.2 Å². The SMILES string of the molecule is COC(=O)[C@@]1(C)CC[C@]2(C(=O)O[C@@H]3O[C@H](CO)[C@@H](O)[C@H](O)[C@H]3O)CC[C@]3(C)C(=CC[C@@H]4[C@@]5(C)CC(=O)[C@H](O[C@@H]6O[C@H](CO)[C@@H](O[C@@H]7OC[C@@H](O)[C@H](O)[C@H]7O)[C@H](O)[C@H]6O)[C@@](C)(CO)[C@@H]5CC[C@]43C)[C@@H]2C1. The van der Waals surface area contributed by atoms with E-state index in [0.717, 1.165) is 5.57 Å². The normalized spacial score (nSPS) is 53.1. The summed E-state index contributed by atoms with van der Waals surface area (Å²) in [6.45, 7) is 7.68. The second-order valence-electron chi connectivity index (χ2n) is 22.7. The van der Waals surface area contributed by atoms with Crippen molar-refractivity contribution in [3.8, 4) is 0 Å². The molecule has 0 aromatic carbocycles. The molecule has 4 saturated carbocycles. The van der Waals surface area contributed by atoms with Crippen molar-refractivity contribution in [2.24, 2.45) is 50.2 Å². The summed E-state index contributed by atoms with van der Waals surface area (Å²) in [5.41, 5.74) is -4.26. The van der Waals surface area contributed by atoms with Crippen LogP contribution in [-0.4, -0.2) is 200 Å². The van der Waals surface area contributed by atoms with Crippen LogP contribution in [0.4, 0.5) is 0 Å². The van der Waals surface area contributed by atoms with E-state index in [1.165, 1.54) is 7.11 Å². The number of Topliss-reactive ketones (excluding diaryl/α,β-unsaturated/α-hetero) is 1. The van der Waals surface area contributed by atoms with Gasteiger partial charge in [-0.2, -0.15) is 0 Å². The minimum atomic E-state index is -1.86. The first-order valence-corrected chi connectivity index (χ1v) is 24.4. The van der Waals surface area contributed by atoms with Gasteiger partial charge in [0.2, 0.25) is 6.29 Å². The van der Waals surface area contributed by atoms with Gasteiger partial charge < -0.3 is 89.3 Å². The highest BCUT2D eigenvalue weighted by Gasteiger charge is 2.72. The fourth-order valence-corrected chi connectivity index (χ4v) is 14.9. The molecule has 0 radical (unpaired) electrons. The van der Waals surface area contributed by atoms with Gasteiger partial charge in [-0.3, -0.25) is 14.4 Å². The van der Waals surface area contributed by atoms with E-state index >= 15 is 0 Å². The van der Waals surface area contributed by atoms with E-state index in [-0.39, 0.29) is 36.9 Å². The highest BCUT2D eigenvalue weighted by Crippen LogP contribution is 2.76. The molecule has 69 heavy (non-hydrogen) atoms. The van der Waals surface area contributed by atoms with Gasteiger partial charge in [-0.1, -0.05) is 39.3 Å². The zero-order valence-corrected chi connectivity index (χ0v) is 40.2. The Hall–Kier alpha value is -2.29. The quantitative estimate of drug-likeness (QED) is 0.0646. The summed E-state index contributed by atoms with van der Waals surface area (Å²) >= 11 is 0. The van der Waals surface area contributed by atoms with Crippen molar-refractivity contribution in [1.29, 1.82) is 0 Å².